The Kier molecular flexibility index (Phi) is 8.51. The Morgan fingerprint density at radius 1 is 1.00 bits per heavy atom. The van der Waals surface area contributed by atoms with Gasteiger partial charge in [-0.15, -0.1) is 0 Å². The zero-order valence-electron chi connectivity index (χ0n) is 17.2. The minimum Gasteiger partial charge on any atom is -0.493 e. The van der Waals surface area contributed by atoms with E-state index < -0.39 is 11.8 Å². The maximum atomic E-state index is 12.5. The molecule has 2 rings (SSSR count). The van der Waals surface area contributed by atoms with E-state index in [2.05, 4.69) is 40.6 Å². The van der Waals surface area contributed by atoms with E-state index >= 15 is 0 Å². The van der Waals surface area contributed by atoms with Crippen LogP contribution in [0.25, 0.3) is 0 Å². The van der Waals surface area contributed by atoms with Crippen LogP contribution in [-0.2, 0) is 4.79 Å². The lowest BCUT2D eigenvalue weighted by atomic mass is 10.1. The van der Waals surface area contributed by atoms with Crippen LogP contribution in [-0.4, -0.2) is 25.0 Å². The van der Waals surface area contributed by atoms with Crippen molar-refractivity contribution in [2.75, 3.05) is 13.2 Å². The van der Waals surface area contributed by atoms with Crippen LogP contribution >= 0.6 is 15.9 Å². The third-order valence-corrected chi connectivity index (χ3v) is 4.51. The molecule has 2 amide bonds. The number of ether oxygens (including phenoxy) is 2. The first kappa shape index (κ1) is 22.7. The van der Waals surface area contributed by atoms with Gasteiger partial charge in [0.15, 0.2) is 6.61 Å². The smallest absolute Gasteiger partial charge is 0.276 e. The zero-order valence-corrected chi connectivity index (χ0v) is 18.8. The lowest BCUT2D eigenvalue weighted by Crippen LogP contribution is -2.44. The van der Waals surface area contributed by atoms with Crippen LogP contribution in [0.5, 0.6) is 11.5 Å². The van der Waals surface area contributed by atoms with Crippen LogP contribution in [0.2, 0.25) is 0 Å². The third-order valence-electron chi connectivity index (χ3n) is 4.02. The quantitative estimate of drug-likeness (QED) is 0.572. The maximum absolute atomic E-state index is 12.5. The van der Waals surface area contributed by atoms with Crippen molar-refractivity contribution in [2.24, 2.45) is 5.92 Å². The average Bonchev–Trinajstić information content (AvgIpc) is 2.64. The molecule has 0 saturated carbocycles. The van der Waals surface area contributed by atoms with E-state index in [1.807, 2.05) is 32.0 Å². The van der Waals surface area contributed by atoms with E-state index in [1.165, 1.54) is 0 Å². The van der Waals surface area contributed by atoms with Gasteiger partial charge < -0.3 is 9.47 Å². The Morgan fingerprint density at radius 2 is 1.69 bits per heavy atom. The van der Waals surface area contributed by atoms with Crippen LogP contribution in [0.1, 0.15) is 41.8 Å². The predicted molar refractivity (Wildman–Crippen MR) is 116 cm³/mol. The molecule has 2 aromatic rings. The molecular formula is C22H27BrN2O4. The summed E-state index contributed by atoms with van der Waals surface area (Å²) in [6, 6.07) is 10.9. The molecule has 0 spiro atoms. The van der Waals surface area contributed by atoms with Crippen molar-refractivity contribution in [3.63, 3.8) is 0 Å². The van der Waals surface area contributed by atoms with Crippen molar-refractivity contribution < 1.29 is 19.1 Å². The molecule has 0 unspecified atom stereocenters. The van der Waals surface area contributed by atoms with Gasteiger partial charge in [0.1, 0.15) is 11.5 Å². The van der Waals surface area contributed by atoms with Crippen LogP contribution in [0, 0.1) is 19.8 Å². The van der Waals surface area contributed by atoms with Crippen molar-refractivity contribution >= 4 is 27.7 Å². The number of aryl methyl sites for hydroxylation is 2. The number of nitrogens with one attached hydrogen (secondary N) is 2. The van der Waals surface area contributed by atoms with E-state index in [4.69, 9.17) is 9.47 Å². The van der Waals surface area contributed by atoms with Crippen LogP contribution in [0.3, 0.4) is 0 Å². The zero-order chi connectivity index (χ0) is 21.4. The number of carbonyl (C=O) groups excluding carboxylic acids is 2. The highest BCUT2D eigenvalue weighted by atomic mass is 79.9. The normalized spacial score (nSPS) is 10.6. The van der Waals surface area contributed by atoms with Crippen molar-refractivity contribution in [3.8, 4) is 11.5 Å². The summed E-state index contributed by atoms with van der Waals surface area (Å²) in [5, 5.41) is 0. The second kappa shape index (κ2) is 10.9. The van der Waals surface area contributed by atoms with Gasteiger partial charge in [-0.3, -0.25) is 20.4 Å². The number of halogens is 1. The van der Waals surface area contributed by atoms with E-state index in [0.717, 1.165) is 22.0 Å². The summed E-state index contributed by atoms with van der Waals surface area (Å²) >= 11 is 3.36. The number of carbonyl (C=O) groups is 2. The fourth-order valence-electron chi connectivity index (χ4n) is 2.61. The molecule has 0 aliphatic heterocycles. The van der Waals surface area contributed by atoms with Gasteiger partial charge in [0, 0.05) is 4.47 Å². The van der Waals surface area contributed by atoms with Gasteiger partial charge in [0.05, 0.1) is 12.2 Å². The molecule has 0 atom stereocenters. The molecule has 0 aliphatic carbocycles. The second-order valence-electron chi connectivity index (χ2n) is 7.29. The average molecular weight is 463 g/mol. The topological polar surface area (TPSA) is 76.7 Å². The van der Waals surface area contributed by atoms with Crippen molar-refractivity contribution in [1.29, 1.82) is 0 Å². The number of hydrogen-bond acceptors (Lipinski definition) is 4. The molecule has 156 valence electrons. The Balaban J connectivity index is 1.90. The molecule has 0 bridgehead atoms. The Labute approximate surface area is 180 Å². The summed E-state index contributed by atoms with van der Waals surface area (Å²) < 4.78 is 12.0. The van der Waals surface area contributed by atoms with Gasteiger partial charge in [0.25, 0.3) is 11.8 Å². The van der Waals surface area contributed by atoms with Crippen molar-refractivity contribution in [2.45, 2.75) is 34.1 Å². The molecule has 7 heteroatoms. The second-order valence-corrected chi connectivity index (χ2v) is 8.20. The number of benzene rings is 2. The number of hydrazine groups is 1. The third kappa shape index (κ3) is 7.77. The number of amides is 2. The first-order chi connectivity index (χ1) is 13.7. The fourth-order valence-corrected chi connectivity index (χ4v) is 2.97. The molecule has 0 saturated heterocycles. The first-order valence-electron chi connectivity index (χ1n) is 9.47. The highest BCUT2D eigenvalue weighted by Gasteiger charge is 2.15. The Bertz CT molecular complexity index is 848. The largest absolute Gasteiger partial charge is 0.493 e. The summed E-state index contributed by atoms with van der Waals surface area (Å²) in [5.41, 5.74) is 7.20. The molecule has 2 N–H and O–H groups in total. The summed E-state index contributed by atoms with van der Waals surface area (Å²) in [5.74, 6) is 0.642. The summed E-state index contributed by atoms with van der Waals surface area (Å²) in [4.78, 5) is 24.5. The molecule has 0 heterocycles. The standard InChI is InChI=1S/C22H27BrN2O4/c1-14(2)7-8-28-20-6-5-17(23)12-19(20)22(27)25-24-21(26)13-29-18-10-15(3)9-16(4)11-18/h5-6,9-12,14H,7-8,13H2,1-4H3,(H,24,26)(H,25,27). The Morgan fingerprint density at radius 3 is 2.34 bits per heavy atom. The van der Waals surface area contributed by atoms with Crippen molar-refractivity contribution in [1.82, 2.24) is 10.9 Å². The molecule has 2 aromatic carbocycles. The van der Waals surface area contributed by atoms with E-state index in [-0.39, 0.29) is 6.61 Å². The summed E-state index contributed by atoms with van der Waals surface area (Å²) in [6.07, 6.45) is 0.879. The lowest BCUT2D eigenvalue weighted by molar-refractivity contribution is -0.123. The molecule has 0 fully saturated rings. The highest BCUT2D eigenvalue weighted by molar-refractivity contribution is 9.10. The van der Waals surface area contributed by atoms with E-state index in [0.29, 0.717) is 29.6 Å². The van der Waals surface area contributed by atoms with Crippen molar-refractivity contribution in [3.05, 3.63) is 57.6 Å². The van der Waals surface area contributed by atoms with Crippen LogP contribution < -0.4 is 20.3 Å². The van der Waals surface area contributed by atoms with E-state index in [1.54, 1.807) is 18.2 Å². The van der Waals surface area contributed by atoms with Gasteiger partial charge >= 0.3 is 0 Å². The minimum absolute atomic E-state index is 0.209. The van der Waals surface area contributed by atoms with Gasteiger partial charge in [-0.05, 0) is 67.6 Å². The highest BCUT2D eigenvalue weighted by Crippen LogP contribution is 2.23. The molecule has 6 nitrogen and oxygen atoms in total. The molecular weight excluding hydrogens is 436 g/mol. The van der Waals surface area contributed by atoms with Crippen LogP contribution in [0.4, 0.5) is 0 Å². The minimum atomic E-state index is -0.467. The van der Waals surface area contributed by atoms with E-state index in [9.17, 15) is 9.59 Å². The SMILES string of the molecule is Cc1cc(C)cc(OCC(=O)NNC(=O)c2cc(Br)ccc2OCCC(C)C)c1. The molecule has 29 heavy (non-hydrogen) atoms. The summed E-state index contributed by atoms with van der Waals surface area (Å²) in [7, 11) is 0. The summed E-state index contributed by atoms with van der Waals surface area (Å²) in [6.45, 7) is 8.43. The Hall–Kier alpha value is -2.54. The lowest BCUT2D eigenvalue weighted by Gasteiger charge is -2.14. The van der Waals surface area contributed by atoms with Crippen LogP contribution in [0.15, 0.2) is 40.9 Å². The van der Waals surface area contributed by atoms with Gasteiger partial charge in [-0.2, -0.15) is 0 Å². The predicted octanol–water partition coefficient (Wildman–Crippen LogP) is 4.33. The molecule has 0 aliphatic rings. The fraction of sp³-hybridized carbons (Fsp3) is 0.364. The maximum Gasteiger partial charge on any atom is 0.276 e. The number of rotatable bonds is 8. The van der Waals surface area contributed by atoms with Gasteiger partial charge in [-0.1, -0.05) is 35.8 Å². The van der Waals surface area contributed by atoms with Gasteiger partial charge in [-0.25, -0.2) is 0 Å². The monoisotopic (exact) mass is 462 g/mol. The first-order valence-corrected chi connectivity index (χ1v) is 10.3. The molecule has 0 aromatic heterocycles. The number of hydrogen-bond donors (Lipinski definition) is 2. The van der Waals surface area contributed by atoms with Gasteiger partial charge in [0.2, 0.25) is 0 Å². The molecule has 0 radical (unpaired) electrons.